The van der Waals surface area contributed by atoms with Crippen molar-refractivity contribution in [3.05, 3.63) is 29.1 Å². The van der Waals surface area contributed by atoms with Crippen LogP contribution in [0.15, 0.2) is 12.1 Å². The fraction of sp³-hybridized carbons (Fsp3) is 0.500. The Bertz CT molecular complexity index is 683. The van der Waals surface area contributed by atoms with E-state index in [-0.39, 0.29) is 0 Å². The largest absolute Gasteiger partial charge is 0.480 e. The van der Waals surface area contributed by atoms with Crippen LogP contribution in [-0.4, -0.2) is 20.6 Å². The Morgan fingerprint density at radius 2 is 2.05 bits per heavy atom. The molecule has 106 valence electrons. The zero-order valence-electron chi connectivity index (χ0n) is 12.2. The topological polar surface area (TPSA) is 55.1 Å². The lowest BCUT2D eigenvalue weighted by Crippen LogP contribution is -2.20. The van der Waals surface area contributed by atoms with Gasteiger partial charge in [-0.25, -0.2) is 9.78 Å². The van der Waals surface area contributed by atoms with E-state index >= 15 is 0 Å². The average molecular weight is 272 g/mol. The molecule has 1 unspecified atom stereocenters. The van der Waals surface area contributed by atoms with Crippen LogP contribution in [0.1, 0.15) is 55.1 Å². The summed E-state index contributed by atoms with van der Waals surface area (Å²) in [6, 6.07) is 3.63. The molecule has 4 nitrogen and oxygen atoms in total. The second kappa shape index (κ2) is 4.62. The molecule has 0 bridgehead atoms. The van der Waals surface area contributed by atoms with Crippen LogP contribution in [0.2, 0.25) is 0 Å². The standard InChI is InChI=1S/C16H20N2O2/c1-4-13(16(19)20)18-14-8-10(3)9(2)7-12(14)17-15(18)11-5-6-11/h7-8,11,13H,4-6H2,1-3H3,(H,19,20). The number of hydrogen-bond acceptors (Lipinski definition) is 2. The number of aryl methyl sites for hydroxylation is 2. The average Bonchev–Trinajstić information content (AvgIpc) is 3.17. The van der Waals surface area contributed by atoms with E-state index in [9.17, 15) is 9.90 Å². The predicted octanol–water partition coefficient (Wildman–Crippen LogP) is 3.57. The number of benzene rings is 1. The molecule has 0 radical (unpaired) electrons. The zero-order valence-corrected chi connectivity index (χ0v) is 12.2. The lowest BCUT2D eigenvalue weighted by atomic mass is 10.1. The number of carboxylic acid groups (broad SMARTS) is 1. The number of rotatable bonds is 4. The Morgan fingerprint density at radius 3 is 2.60 bits per heavy atom. The van der Waals surface area contributed by atoms with E-state index in [0.717, 1.165) is 29.7 Å². The van der Waals surface area contributed by atoms with Crippen molar-refractivity contribution in [2.75, 3.05) is 0 Å². The van der Waals surface area contributed by atoms with Gasteiger partial charge >= 0.3 is 5.97 Å². The lowest BCUT2D eigenvalue weighted by Gasteiger charge is -2.16. The summed E-state index contributed by atoms with van der Waals surface area (Å²) >= 11 is 0. The minimum atomic E-state index is -0.771. The van der Waals surface area contributed by atoms with Gasteiger partial charge in [0, 0.05) is 5.92 Å². The first-order chi connectivity index (χ1) is 9.52. The van der Waals surface area contributed by atoms with Crippen molar-refractivity contribution in [3.8, 4) is 0 Å². The van der Waals surface area contributed by atoms with Crippen LogP contribution in [0.5, 0.6) is 0 Å². The third-order valence-electron chi connectivity index (χ3n) is 4.26. The highest BCUT2D eigenvalue weighted by molar-refractivity contribution is 5.82. The molecule has 0 saturated heterocycles. The first-order valence-electron chi connectivity index (χ1n) is 7.24. The number of aliphatic carboxylic acids is 1. The molecule has 1 heterocycles. The van der Waals surface area contributed by atoms with E-state index in [1.807, 2.05) is 11.5 Å². The van der Waals surface area contributed by atoms with Crippen molar-refractivity contribution >= 4 is 17.0 Å². The quantitative estimate of drug-likeness (QED) is 0.925. The summed E-state index contributed by atoms with van der Waals surface area (Å²) in [7, 11) is 0. The second-order valence-corrected chi connectivity index (χ2v) is 5.80. The van der Waals surface area contributed by atoms with Crippen LogP contribution in [0.4, 0.5) is 0 Å². The van der Waals surface area contributed by atoms with Gasteiger partial charge in [0.2, 0.25) is 0 Å². The fourth-order valence-electron chi connectivity index (χ4n) is 2.79. The molecular formula is C16H20N2O2. The van der Waals surface area contributed by atoms with Crippen LogP contribution in [0.3, 0.4) is 0 Å². The van der Waals surface area contributed by atoms with E-state index in [2.05, 4.69) is 26.0 Å². The zero-order chi connectivity index (χ0) is 14.4. The molecule has 0 spiro atoms. The van der Waals surface area contributed by atoms with Crippen molar-refractivity contribution in [1.29, 1.82) is 0 Å². The predicted molar refractivity (Wildman–Crippen MR) is 78.1 cm³/mol. The highest BCUT2D eigenvalue weighted by atomic mass is 16.4. The van der Waals surface area contributed by atoms with Gasteiger partial charge in [-0.05, 0) is 56.4 Å². The number of carbonyl (C=O) groups is 1. The molecule has 1 aromatic carbocycles. The Balaban J connectivity index is 2.28. The lowest BCUT2D eigenvalue weighted by molar-refractivity contribution is -0.140. The van der Waals surface area contributed by atoms with E-state index in [1.165, 1.54) is 11.1 Å². The maximum absolute atomic E-state index is 11.6. The highest BCUT2D eigenvalue weighted by Gasteiger charge is 2.33. The SMILES string of the molecule is CCC(C(=O)O)n1c(C2CC2)nc2cc(C)c(C)cc21. The van der Waals surface area contributed by atoms with Gasteiger partial charge in [-0.15, -0.1) is 0 Å². The minimum Gasteiger partial charge on any atom is -0.480 e. The summed E-state index contributed by atoms with van der Waals surface area (Å²) in [6.45, 7) is 6.05. The Morgan fingerprint density at radius 1 is 1.40 bits per heavy atom. The fourth-order valence-corrected chi connectivity index (χ4v) is 2.79. The number of carboxylic acids is 1. The van der Waals surface area contributed by atoms with Gasteiger partial charge in [-0.3, -0.25) is 0 Å². The van der Waals surface area contributed by atoms with Crippen LogP contribution < -0.4 is 0 Å². The van der Waals surface area contributed by atoms with Gasteiger partial charge < -0.3 is 9.67 Å². The normalized spacial score (nSPS) is 16.6. The number of imidazole rings is 1. The molecule has 3 rings (SSSR count). The van der Waals surface area contributed by atoms with E-state index < -0.39 is 12.0 Å². The molecule has 20 heavy (non-hydrogen) atoms. The van der Waals surface area contributed by atoms with E-state index in [0.29, 0.717) is 12.3 Å². The molecule has 1 N–H and O–H groups in total. The van der Waals surface area contributed by atoms with Crippen molar-refractivity contribution in [3.63, 3.8) is 0 Å². The van der Waals surface area contributed by atoms with Crippen LogP contribution in [0.25, 0.3) is 11.0 Å². The molecule has 4 heteroatoms. The third kappa shape index (κ3) is 1.99. The molecule has 1 atom stereocenters. The van der Waals surface area contributed by atoms with Gasteiger partial charge in [-0.2, -0.15) is 0 Å². The summed E-state index contributed by atoms with van der Waals surface area (Å²) in [4.78, 5) is 16.3. The molecule has 2 aromatic rings. The van der Waals surface area contributed by atoms with Crippen LogP contribution in [-0.2, 0) is 4.79 Å². The van der Waals surface area contributed by atoms with Crippen LogP contribution in [0, 0.1) is 13.8 Å². The monoisotopic (exact) mass is 272 g/mol. The molecule has 0 aliphatic heterocycles. The van der Waals surface area contributed by atoms with Crippen molar-refractivity contribution in [1.82, 2.24) is 9.55 Å². The van der Waals surface area contributed by atoms with Crippen molar-refractivity contribution in [2.24, 2.45) is 0 Å². The van der Waals surface area contributed by atoms with Crippen LogP contribution >= 0.6 is 0 Å². The molecule has 1 fully saturated rings. The Kier molecular flexibility index (Phi) is 3.04. The Labute approximate surface area is 118 Å². The second-order valence-electron chi connectivity index (χ2n) is 5.80. The molecule has 1 saturated carbocycles. The number of hydrogen-bond donors (Lipinski definition) is 1. The van der Waals surface area contributed by atoms with E-state index in [4.69, 9.17) is 4.98 Å². The number of nitrogens with zero attached hydrogens (tertiary/aromatic N) is 2. The summed E-state index contributed by atoms with van der Waals surface area (Å²) in [5.41, 5.74) is 4.27. The van der Waals surface area contributed by atoms with Gasteiger partial charge in [0.1, 0.15) is 11.9 Å². The maximum atomic E-state index is 11.6. The first kappa shape index (κ1) is 13.2. The molecule has 1 aliphatic carbocycles. The van der Waals surface area contributed by atoms with Crippen molar-refractivity contribution < 1.29 is 9.90 Å². The molecular weight excluding hydrogens is 252 g/mol. The van der Waals surface area contributed by atoms with Crippen molar-refractivity contribution in [2.45, 2.75) is 52.0 Å². The maximum Gasteiger partial charge on any atom is 0.326 e. The number of fused-ring (bicyclic) bond motifs is 1. The smallest absolute Gasteiger partial charge is 0.326 e. The number of aromatic nitrogens is 2. The third-order valence-corrected chi connectivity index (χ3v) is 4.26. The first-order valence-corrected chi connectivity index (χ1v) is 7.24. The minimum absolute atomic E-state index is 0.441. The molecule has 1 aromatic heterocycles. The van der Waals surface area contributed by atoms with Gasteiger partial charge in [0.25, 0.3) is 0 Å². The summed E-state index contributed by atoms with van der Waals surface area (Å²) in [5, 5.41) is 9.51. The van der Waals surface area contributed by atoms with Gasteiger partial charge in [0.15, 0.2) is 0 Å². The summed E-state index contributed by atoms with van der Waals surface area (Å²) in [5.74, 6) is 0.627. The van der Waals surface area contributed by atoms with E-state index in [1.54, 1.807) is 0 Å². The Hall–Kier alpha value is -1.84. The summed E-state index contributed by atoms with van der Waals surface area (Å²) < 4.78 is 1.96. The highest BCUT2D eigenvalue weighted by Crippen LogP contribution is 2.42. The summed E-state index contributed by atoms with van der Waals surface area (Å²) in [6.07, 6.45) is 2.82. The van der Waals surface area contributed by atoms with Gasteiger partial charge in [-0.1, -0.05) is 6.92 Å². The molecule has 0 amide bonds. The molecule has 1 aliphatic rings. The van der Waals surface area contributed by atoms with Gasteiger partial charge in [0.05, 0.1) is 11.0 Å².